The fourth-order valence-corrected chi connectivity index (χ4v) is 3.00. The van der Waals surface area contributed by atoms with Crippen molar-refractivity contribution in [3.63, 3.8) is 0 Å². The lowest BCUT2D eigenvalue weighted by Crippen LogP contribution is -2.35. The van der Waals surface area contributed by atoms with E-state index in [1.165, 1.54) is 55.6 Å². The van der Waals surface area contributed by atoms with Crippen LogP contribution in [0.4, 0.5) is 8.78 Å². The zero-order chi connectivity index (χ0) is 22.5. The molecule has 0 radical (unpaired) electrons. The van der Waals surface area contributed by atoms with Crippen LogP contribution in [-0.4, -0.2) is 28.8 Å². The highest BCUT2D eigenvalue weighted by molar-refractivity contribution is 5.92. The van der Waals surface area contributed by atoms with Crippen molar-refractivity contribution in [2.75, 3.05) is 7.11 Å². The highest BCUT2D eigenvalue weighted by Crippen LogP contribution is 2.19. The van der Waals surface area contributed by atoms with E-state index in [1.807, 2.05) is 0 Å². The molecule has 0 aliphatic rings. The van der Waals surface area contributed by atoms with Gasteiger partial charge in [-0.1, -0.05) is 24.3 Å². The number of aryl methyl sites for hydroxylation is 1. The Hall–Kier alpha value is -3.88. The predicted molar refractivity (Wildman–Crippen MR) is 108 cm³/mol. The first-order valence-corrected chi connectivity index (χ1v) is 9.29. The molecule has 1 aromatic heterocycles. The van der Waals surface area contributed by atoms with Crippen LogP contribution in [-0.2, 0) is 9.53 Å². The van der Waals surface area contributed by atoms with E-state index in [1.54, 1.807) is 13.0 Å². The molecule has 1 N–H and O–H groups in total. The first-order valence-electron chi connectivity index (χ1n) is 9.29. The maximum absolute atomic E-state index is 14.2. The number of para-hydroxylation sites is 1. The van der Waals surface area contributed by atoms with Crippen molar-refractivity contribution in [2.24, 2.45) is 0 Å². The van der Waals surface area contributed by atoms with Crippen molar-refractivity contribution >= 4 is 11.9 Å². The third kappa shape index (κ3) is 5.00. The maximum Gasteiger partial charge on any atom is 0.307 e. The van der Waals surface area contributed by atoms with Crippen molar-refractivity contribution in [1.82, 2.24) is 15.1 Å². The summed E-state index contributed by atoms with van der Waals surface area (Å²) in [4.78, 5) is 37.1. The third-order valence-electron chi connectivity index (χ3n) is 4.58. The Labute approximate surface area is 176 Å². The van der Waals surface area contributed by atoms with Gasteiger partial charge in [-0.2, -0.15) is 5.10 Å². The highest BCUT2D eigenvalue weighted by atomic mass is 19.1. The average molecular weight is 427 g/mol. The number of amides is 1. The van der Waals surface area contributed by atoms with Crippen molar-refractivity contribution in [3.8, 4) is 5.69 Å². The monoisotopic (exact) mass is 427 g/mol. The fraction of sp³-hybridized carbons (Fsp3) is 0.182. The second-order valence-corrected chi connectivity index (χ2v) is 6.72. The van der Waals surface area contributed by atoms with Gasteiger partial charge in [0.15, 0.2) is 5.69 Å². The van der Waals surface area contributed by atoms with E-state index in [2.05, 4.69) is 15.2 Å². The van der Waals surface area contributed by atoms with Crippen molar-refractivity contribution < 1.29 is 23.1 Å². The normalized spacial score (nSPS) is 11.6. The van der Waals surface area contributed by atoms with E-state index in [9.17, 15) is 23.2 Å². The SMILES string of the molecule is COC(=O)CC(NC(=O)c1nn(-c2ccccc2F)c(C)cc1=O)c1ccc(F)cc1. The smallest absolute Gasteiger partial charge is 0.307 e. The Morgan fingerprint density at radius 1 is 1.13 bits per heavy atom. The summed E-state index contributed by atoms with van der Waals surface area (Å²) < 4.78 is 33.3. The summed E-state index contributed by atoms with van der Waals surface area (Å²) in [5.74, 6) is -2.55. The molecule has 3 rings (SSSR count). The van der Waals surface area contributed by atoms with Crippen LogP contribution in [0.2, 0.25) is 0 Å². The van der Waals surface area contributed by atoms with Crippen molar-refractivity contribution in [2.45, 2.75) is 19.4 Å². The summed E-state index contributed by atoms with van der Waals surface area (Å²) in [6.07, 6.45) is -0.249. The van der Waals surface area contributed by atoms with Gasteiger partial charge in [0.05, 0.1) is 19.6 Å². The van der Waals surface area contributed by atoms with Gasteiger partial charge in [-0.3, -0.25) is 14.4 Å². The second kappa shape index (κ2) is 9.29. The number of halogens is 2. The number of nitrogens with one attached hydrogen (secondary N) is 1. The van der Waals surface area contributed by atoms with Crippen LogP contribution in [0.1, 0.15) is 34.2 Å². The van der Waals surface area contributed by atoms with Crippen molar-refractivity contribution in [3.05, 3.63) is 93.4 Å². The van der Waals surface area contributed by atoms with Gasteiger partial charge in [-0.25, -0.2) is 13.5 Å². The zero-order valence-electron chi connectivity index (χ0n) is 16.8. The summed E-state index contributed by atoms with van der Waals surface area (Å²) in [7, 11) is 1.19. The minimum Gasteiger partial charge on any atom is -0.469 e. The molecule has 0 fully saturated rings. The van der Waals surface area contributed by atoms with E-state index < -0.39 is 40.7 Å². The molecule has 1 heterocycles. The number of benzene rings is 2. The number of esters is 1. The summed E-state index contributed by atoms with van der Waals surface area (Å²) in [6, 6.07) is 11.2. The van der Waals surface area contributed by atoms with Gasteiger partial charge in [0.2, 0.25) is 5.43 Å². The Morgan fingerprint density at radius 3 is 2.45 bits per heavy atom. The molecule has 1 unspecified atom stereocenters. The first kappa shape index (κ1) is 21.8. The number of ether oxygens (including phenoxy) is 1. The molecule has 0 aliphatic heterocycles. The van der Waals surface area contributed by atoms with Gasteiger partial charge in [-0.05, 0) is 36.8 Å². The summed E-state index contributed by atoms with van der Waals surface area (Å²) >= 11 is 0. The minimum absolute atomic E-state index is 0.0682. The van der Waals surface area contributed by atoms with E-state index in [0.29, 0.717) is 11.3 Å². The Morgan fingerprint density at radius 2 is 1.81 bits per heavy atom. The first-order chi connectivity index (χ1) is 14.8. The lowest BCUT2D eigenvalue weighted by atomic mass is 10.0. The third-order valence-corrected chi connectivity index (χ3v) is 4.58. The van der Waals surface area contributed by atoms with Gasteiger partial charge < -0.3 is 10.1 Å². The molecule has 0 aliphatic carbocycles. The average Bonchev–Trinajstić information content (AvgIpc) is 2.74. The van der Waals surface area contributed by atoms with E-state index >= 15 is 0 Å². The Kier molecular flexibility index (Phi) is 6.54. The Bertz CT molecular complexity index is 1180. The number of methoxy groups -OCH3 is 1. The van der Waals surface area contributed by atoms with E-state index in [0.717, 1.165) is 4.68 Å². The van der Waals surface area contributed by atoms with Crippen LogP contribution in [0.5, 0.6) is 0 Å². The van der Waals surface area contributed by atoms with Crippen LogP contribution >= 0.6 is 0 Å². The van der Waals surface area contributed by atoms with E-state index in [-0.39, 0.29) is 12.1 Å². The molecule has 0 spiro atoms. The molecule has 0 saturated carbocycles. The molecule has 1 atom stereocenters. The van der Waals surface area contributed by atoms with Crippen molar-refractivity contribution in [1.29, 1.82) is 0 Å². The van der Waals surface area contributed by atoms with Crippen LogP contribution in [0.25, 0.3) is 5.69 Å². The molecule has 0 bridgehead atoms. The number of carbonyl (C=O) groups is 2. The number of carbonyl (C=O) groups excluding carboxylic acids is 2. The van der Waals surface area contributed by atoms with Crippen LogP contribution in [0.15, 0.2) is 59.4 Å². The van der Waals surface area contributed by atoms with Crippen LogP contribution in [0, 0.1) is 18.6 Å². The highest BCUT2D eigenvalue weighted by Gasteiger charge is 2.23. The van der Waals surface area contributed by atoms with Gasteiger partial charge >= 0.3 is 5.97 Å². The number of nitrogens with zero attached hydrogens (tertiary/aromatic N) is 2. The fourth-order valence-electron chi connectivity index (χ4n) is 3.00. The number of rotatable bonds is 6. The number of hydrogen-bond acceptors (Lipinski definition) is 5. The maximum atomic E-state index is 14.2. The molecule has 31 heavy (non-hydrogen) atoms. The summed E-state index contributed by atoms with van der Waals surface area (Å²) in [5, 5.41) is 6.60. The quantitative estimate of drug-likeness (QED) is 0.611. The van der Waals surface area contributed by atoms with E-state index in [4.69, 9.17) is 0 Å². The molecular weight excluding hydrogens is 408 g/mol. The van der Waals surface area contributed by atoms with Gasteiger partial charge in [0.1, 0.15) is 17.3 Å². The molecule has 3 aromatic rings. The van der Waals surface area contributed by atoms with Gasteiger partial charge in [-0.15, -0.1) is 0 Å². The summed E-state index contributed by atoms with van der Waals surface area (Å²) in [6.45, 7) is 1.56. The lowest BCUT2D eigenvalue weighted by Gasteiger charge is -2.18. The lowest BCUT2D eigenvalue weighted by molar-refractivity contribution is -0.141. The zero-order valence-corrected chi connectivity index (χ0v) is 16.8. The van der Waals surface area contributed by atoms with Gasteiger partial charge in [0.25, 0.3) is 5.91 Å². The molecule has 9 heteroatoms. The molecule has 1 amide bonds. The van der Waals surface area contributed by atoms with Gasteiger partial charge in [0, 0.05) is 11.8 Å². The largest absolute Gasteiger partial charge is 0.469 e. The second-order valence-electron chi connectivity index (χ2n) is 6.72. The van der Waals surface area contributed by atoms with Crippen LogP contribution < -0.4 is 10.7 Å². The van der Waals surface area contributed by atoms with Crippen LogP contribution in [0.3, 0.4) is 0 Å². The number of hydrogen-bond donors (Lipinski definition) is 1. The summed E-state index contributed by atoms with van der Waals surface area (Å²) in [5.41, 5.74) is -0.318. The predicted octanol–water partition coefficient (Wildman–Crippen LogP) is 2.85. The number of aromatic nitrogens is 2. The molecule has 0 saturated heterocycles. The Balaban J connectivity index is 1.97. The molecule has 2 aromatic carbocycles. The standard InChI is InChI=1S/C22H19F2N3O4/c1-13-11-19(28)21(26-27(13)18-6-4-3-5-16(18)24)22(30)25-17(12-20(29)31-2)14-7-9-15(23)10-8-14/h3-11,17H,12H2,1-2H3,(H,25,30). The molecule has 7 nitrogen and oxygen atoms in total. The molecular formula is C22H19F2N3O4. The topological polar surface area (TPSA) is 90.3 Å². The minimum atomic E-state index is -0.898. The molecule has 160 valence electrons.